The fourth-order valence-electron chi connectivity index (χ4n) is 1.62. The number of carbonyl (C=O) groups excluding carboxylic acids is 1. The van der Waals surface area contributed by atoms with Gasteiger partial charge in [-0.15, -0.1) is 0 Å². The number of benzene rings is 1. The number of methoxy groups -OCH3 is 1. The van der Waals surface area contributed by atoms with Crippen LogP contribution in [0.25, 0.3) is 10.4 Å². The first kappa shape index (κ1) is 16.4. The second kappa shape index (κ2) is 7.20. The lowest BCUT2D eigenvalue weighted by atomic mass is 10.0. The second-order valence-electron chi connectivity index (χ2n) is 3.95. The zero-order valence-corrected chi connectivity index (χ0v) is 10.9. The van der Waals surface area contributed by atoms with Crippen LogP contribution in [0.2, 0.25) is 0 Å². The SMILES string of the molecule is COC(=O)c1ccc(C(O)C(O)CN=[N+]=[N-])c([N+](=O)[O-])c1. The molecule has 112 valence electrons. The van der Waals surface area contributed by atoms with Crippen molar-refractivity contribution >= 4 is 11.7 Å². The number of esters is 1. The van der Waals surface area contributed by atoms with E-state index in [9.17, 15) is 25.1 Å². The van der Waals surface area contributed by atoms with Crippen LogP contribution in [-0.4, -0.2) is 40.9 Å². The number of hydrogen-bond donors (Lipinski definition) is 2. The van der Waals surface area contributed by atoms with Crippen molar-refractivity contribution in [2.45, 2.75) is 12.2 Å². The van der Waals surface area contributed by atoms with Crippen LogP contribution in [0.15, 0.2) is 23.3 Å². The molecule has 1 aromatic carbocycles. The summed E-state index contributed by atoms with van der Waals surface area (Å²) in [6.07, 6.45) is -3.15. The average Bonchev–Trinajstić information content (AvgIpc) is 2.50. The molecule has 0 fully saturated rings. The summed E-state index contributed by atoms with van der Waals surface area (Å²) in [7, 11) is 1.13. The fraction of sp³-hybridized carbons (Fsp3) is 0.364. The van der Waals surface area contributed by atoms with Gasteiger partial charge in [0.05, 0.1) is 35.8 Å². The van der Waals surface area contributed by atoms with Crippen molar-refractivity contribution in [2.75, 3.05) is 13.7 Å². The average molecular weight is 296 g/mol. The number of ether oxygens (including phenoxy) is 1. The number of aliphatic hydroxyl groups excluding tert-OH is 2. The van der Waals surface area contributed by atoms with Gasteiger partial charge >= 0.3 is 5.97 Å². The Morgan fingerprint density at radius 1 is 1.57 bits per heavy atom. The second-order valence-corrected chi connectivity index (χ2v) is 3.95. The largest absolute Gasteiger partial charge is 0.465 e. The van der Waals surface area contributed by atoms with E-state index in [2.05, 4.69) is 14.8 Å². The topological polar surface area (TPSA) is 159 Å². The summed E-state index contributed by atoms with van der Waals surface area (Å²) in [5, 5.41) is 33.6. The van der Waals surface area contributed by atoms with Gasteiger partial charge in [-0.05, 0) is 17.7 Å². The van der Waals surface area contributed by atoms with E-state index in [4.69, 9.17) is 5.53 Å². The smallest absolute Gasteiger partial charge is 0.338 e. The molecule has 0 amide bonds. The van der Waals surface area contributed by atoms with Crippen LogP contribution in [0, 0.1) is 10.1 Å². The highest BCUT2D eigenvalue weighted by Gasteiger charge is 2.27. The van der Waals surface area contributed by atoms with Crippen molar-refractivity contribution in [2.24, 2.45) is 5.11 Å². The summed E-state index contributed by atoms with van der Waals surface area (Å²) in [6, 6.07) is 3.29. The predicted octanol–water partition coefficient (Wildman–Crippen LogP) is 1.09. The van der Waals surface area contributed by atoms with Gasteiger partial charge in [-0.2, -0.15) is 0 Å². The van der Waals surface area contributed by atoms with Crippen molar-refractivity contribution in [3.63, 3.8) is 0 Å². The van der Waals surface area contributed by atoms with Gasteiger partial charge in [-0.1, -0.05) is 5.11 Å². The van der Waals surface area contributed by atoms with E-state index in [1.807, 2.05) is 0 Å². The van der Waals surface area contributed by atoms with Crippen LogP contribution in [0.1, 0.15) is 22.0 Å². The summed E-state index contributed by atoms with van der Waals surface area (Å²) < 4.78 is 4.44. The minimum atomic E-state index is -1.64. The first-order chi connectivity index (χ1) is 9.92. The molecule has 0 bridgehead atoms. The van der Waals surface area contributed by atoms with Crippen molar-refractivity contribution < 1.29 is 24.7 Å². The minimum absolute atomic E-state index is 0.0651. The molecule has 10 nitrogen and oxygen atoms in total. The van der Waals surface area contributed by atoms with Gasteiger partial charge in [-0.3, -0.25) is 10.1 Å². The zero-order chi connectivity index (χ0) is 16.0. The lowest BCUT2D eigenvalue weighted by molar-refractivity contribution is -0.386. The molecule has 0 saturated carbocycles. The third kappa shape index (κ3) is 3.89. The summed E-state index contributed by atoms with van der Waals surface area (Å²) in [6.45, 7) is -0.451. The highest BCUT2D eigenvalue weighted by atomic mass is 16.6. The molecule has 0 aliphatic rings. The fourth-order valence-corrected chi connectivity index (χ4v) is 1.62. The Labute approximate surface area is 118 Å². The summed E-state index contributed by atoms with van der Waals surface area (Å²) in [5.74, 6) is -0.770. The molecule has 2 atom stereocenters. The Bertz CT molecular complexity index is 598. The highest BCUT2D eigenvalue weighted by molar-refractivity contribution is 5.90. The van der Waals surface area contributed by atoms with E-state index in [1.165, 1.54) is 6.07 Å². The predicted molar refractivity (Wildman–Crippen MR) is 69.4 cm³/mol. The van der Waals surface area contributed by atoms with E-state index < -0.39 is 35.3 Å². The molecule has 21 heavy (non-hydrogen) atoms. The number of hydrogen-bond acceptors (Lipinski definition) is 7. The molecule has 0 aliphatic heterocycles. The Morgan fingerprint density at radius 2 is 2.24 bits per heavy atom. The summed E-state index contributed by atoms with van der Waals surface area (Å²) >= 11 is 0. The number of carbonyl (C=O) groups is 1. The highest BCUT2D eigenvalue weighted by Crippen LogP contribution is 2.28. The van der Waals surface area contributed by atoms with E-state index in [-0.39, 0.29) is 11.1 Å². The third-order valence-electron chi connectivity index (χ3n) is 2.66. The monoisotopic (exact) mass is 296 g/mol. The normalized spacial score (nSPS) is 12.9. The molecule has 0 radical (unpaired) electrons. The van der Waals surface area contributed by atoms with E-state index in [1.54, 1.807) is 0 Å². The van der Waals surface area contributed by atoms with Crippen LogP contribution in [0.3, 0.4) is 0 Å². The lowest BCUT2D eigenvalue weighted by Gasteiger charge is -2.16. The first-order valence-electron chi connectivity index (χ1n) is 5.66. The van der Waals surface area contributed by atoms with Crippen LogP contribution in [0.5, 0.6) is 0 Å². The Morgan fingerprint density at radius 3 is 2.76 bits per heavy atom. The number of azide groups is 1. The molecule has 0 spiro atoms. The van der Waals surface area contributed by atoms with Crippen LogP contribution in [-0.2, 0) is 4.74 Å². The number of nitro benzene ring substituents is 1. The molecule has 0 heterocycles. The van der Waals surface area contributed by atoms with Crippen LogP contribution in [0.4, 0.5) is 5.69 Å². The molecule has 2 N–H and O–H groups in total. The number of nitro groups is 1. The van der Waals surface area contributed by atoms with Crippen LogP contribution < -0.4 is 0 Å². The Kier molecular flexibility index (Phi) is 5.61. The van der Waals surface area contributed by atoms with E-state index >= 15 is 0 Å². The van der Waals surface area contributed by atoms with Crippen molar-refractivity contribution in [1.29, 1.82) is 0 Å². The molecule has 1 aromatic rings. The minimum Gasteiger partial charge on any atom is -0.465 e. The van der Waals surface area contributed by atoms with Crippen molar-refractivity contribution in [3.05, 3.63) is 49.9 Å². The number of aliphatic hydroxyl groups is 2. The number of rotatable bonds is 6. The molecule has 2 unspecified atom stereocenters. The van der Waals surface area contributed by atoms with Gasteiger partial charge in [0, 0.05) is 11.0 Å². The quantitative estimate of drug-likeness (QED) is 0.199. The van der Waals surface area contributed by atoms with Crippen molar-refractivity contribution in [3.8, 4) is 0 Å². The standard InChI is InChI=1S/C11H12N4O6/c1-21-11(18)6-2-3-7(8(4-6)15(19)20)10(17)9(16)5-13-14-12/h2-4,9-10,16-17H,5H2,1H3. The first-order valence-corrected chi connectivity index (χ1v) is 5.66. The van der Waals surface area contributed by atoms with Gasteiger partial charge in [-0.25, -0.2) is 4.79 Å². The van der Waals surface area contributed by atoms with Crippen LogP contribution >= 0.6 is 0 Å². The molecule has 0 saturated heterocycles. The maximum Gasteiger partial charge on any atom is 0.338 e. The summed E-state index contributed by atoms with van der Waals surface area (Å²) in [5.41, 5.74) is 7.32. The Balaban J connectivity index is 3.20. The zero-order valence-electron chi connectivity index (χ0n) is 10.9. The van der Waals surface area contributed by atoms with Gasteiger partial charge in [0.15, 0.2) is 0 Å². The molecular formula is C11H12N4O6. The Hall–Kier alpha value is -2.68. The molecule has 10 heteroatoms. The molecule has 1 rings (SSSR count). The van der Waals surface area contributed by atoms with Gasteiger partial charge in [0.1, 0.15) is 6.10 Å². The van der Waals surface area contributed by atoms with E-state index in [0.717, 1.165) is 19.2 Å². The number of nitrogens with zero attached hydrogens (tertiary/aromatic N) is 4. The van der Waals surface area contributed by atoms with Gasteiger partial charge < -0.3 is 14.9 Å². The molecule has 0 aromatic heterocycles. The van der Waals surface area contributed by atoms with Gasteiger partial charge in [0.25, 0.3) is 5.69 Å². The molecule has 0 aliphatic carbocycles. The van der Waals surface area contributed by atoms with E-state index in [0.29, 0.717) is 0 Å². The maximum atomic E-state index is 11.3. The molecular weight excluding hydrogens is 284 g/mol. The van der Waals surface area contributed by atoms with Gasteiger partial charge in [0.2, 0.25) is 0 Å². The third-order valence-corrected chi connectivity index (χ3v) is 2.66. The lowest BCUT2D eigenvalue weighted by Crippen LogP contribution is -2.22. The summed E-state index contributed by atoms with van der Waals surface area (Å²) in [4.78, 5) is 24.0. The van der Waals surface area contributed by atoms with Crippen molar-refractivity contribution in [1.82, 2.24) is 0 Å². The maximum absolute atomic E-state index is 11.3.